The molecule has 8 heteroatoms. The summed E-state index contributed by atoms with van der Waals surface area (Å²) >= 11 is 5.61. The second-order valence-corrected chi connectivity index (χ2v) is 5.01. The Balaban J connectivity index is 2.02. The molecular formula is C16H13ClFNO5. The highest BCUT2D eigenvalue weighted by atomic mass is 35.5. The Morgan fingerprint density at radius 3 is 2.71 bits per heavy atom. The van der Waals surface area contributed by atoms with E-state index in [9.17, 15) is 19.1 Å². The number of nitrogens with one attached hydrogen (secondary N) is 1. The largest absolute Gasteiger partial charge is 0.505 e. The molecule has 0 fully saturated rings. The lowest BCUT2D eigenvalue weighted by Gasteiger charge is -2.11. The molecule has 0 unspecified atom stereocenters. The van der Waals surface area contributed by atoms with Gasteiger partial charge in [-0.15, -0.1) is 0 Å². The van der Waals surface area contributed by atoms with Crippen LogP contribution in [0.1, 0.15) is 10.4 Å². The van der Waals surface area contributed by atoms with E-state index in [4.69, 9.17) is 16.3 Å². The van der Waals surface area contributed by atoms with Crippen LogP contribution in [0.3, 0.4) is 0 Å². The smallest absolute Gasteiger partial charge is 0.341 e. The van der Waals surface area contributed by atoms with E-state index in [1.165, 1.54) is 37.4 Å². The summed E-state index contributed by atoms with van der Waals surface area (Å²) in [7, 11) is 1.18. The number of carbonyl (C=O) groups excluding carboxylic acids is 2. The van der Waals surface area contributed by atoms with E-state index in [0.29, 0.717) is 0 Å². The minimum Gasteiger partial charge on any atom is -0.505 e. The molecule has 0 aliphatic carbocycles. The van der Waals surface area contributed by atoms with Gasteiger partial charge in [0.2, 0.25) is 0 Å². The van der Waals surface area contributed by atoms with Crippen molar-refractivity contribution in [3.05, 3.63) is 52.8 Å². The summed E-state index contributed by atoms with van der Waals surface area (Å²) in [5, 5.41) is 12.2. The number of methoxy groups -OCH3 is 1. The van der Waals surface area contributed by atoms with Crippen molar-refractivity contribution in [3.8, 4) is 11.5 Å². The molecule has 0 aromatic heterocycles. The number of rotatable bonds is 5. The van der Waals surface area contributed by atoms with Crippen LogP contribution in [0.4, 0.5) is 10.1 Å². The molecule has 6 nitrogen and oxygen atoms in total. The Bertz CT molecular complexity index is 781. The predicted molar refractivity (Wildman–Crippen MR) is 85.0 cm³/mol. The SMILES string of the molecule is COC(=O)c1cccc(NC(=O)COc2ccc(F)c(Cl)c2)c1O. The number of phenols is 1. The summed E-state index contributed by atoms with van der Waals surface area (Å²) in [5.41, 5.74) is -0.0508. The van der Waals surface area contributed by atoms with Gasteiger partial charge in [-0.1, -0.05) is 17.7 Å². The third-order valence-corrected chi connectivity index (χ3v) is 3.27. The number of carbonyl (C=O) groups is 2. The van der Waals surface area contributed by atoms with E-state index in [2.05, 4.69) is 10.1 Å². The van der Waals surface area contributed by atoms with E-state index in [1.54, 1.807) is 0 Å². The predicted octanol–water partition coefficient (Wildman–Crippen LogP) is 2.99. The maximum absolute atomic E-state index is 13.0. The molecule has 24 heavy (non-hydrogen) atoms. The third kappa shape index (κ3) is 4.14. The molecule has 0 spiro atoms. The van der Waals surface area contributed by atoms with Crippen LogP contribution in [0.5, 0.6) is 11.5 Å². The van der Waals surface area contributed by atoms with Gasteiger partial charge < -0.3 is 19.9 Å². The molecule has 2 N–H and O–H groups in total. The number of halogens is 2. The van der Waals surface area contributed by atoms with Gasteiger partial charge in [0.1, 0.15) is 17.1 Å². The van der Waals surface area contributed by atoms with Crippen LogP contribution < -0.4 is 10.1 Å². The van der Waals surface area contributed by atoms with E-state index in [1.807, 2.05) is 0 Å². The average molecular weight is 354 g/mol. The van der Waals surface area contributed by atoms with Crippen molar-refractivity contribution >= 4 is 29.2 Å². The van der Waals surface area contributed by atoms with Crippen molar-refractivity contribution in [2.24, 2.45) is 0 Å². The highest BCUT2D eigenvalue weighted by molar-refractivity contribution is 6.30. The topological polar surface area (TPSA) is 84.9 Å². The van der Waals surface area contributed by atoms with Crippen molar-refractivity contribution in [2.45, 2.75) is 0 Å². The maximum Gasteiger partial charge on any atom is 0.341 e. The monoisotopic (exact) mass is 353 g/mol. The van der Waals surface area contributed by atoms with Crippen molar-refractivity contribution in [1.29, 1.82) is 0 Å². The Morgan fingerprint density at radius 2 is 2.04 bits per heavy atom. The van der Waals surface area contributed by atoms with Crippen LogP contribution in [0.2, 0.25) is 5.02 Å². The molecular weight excluding hydrogens is 341 g/mol. The second kappa shape index (κ2) is 7.65. The normalized spacial score (nSPS) is 10.1. The summed E-state index contributed by atoms with van der Waals surface area (Å²) in [4.78, 5) is 23.3. The first-order valence-electron chi connectivity index (χ1n) is 6.70. The summed E-state index contributed by atoms with van der Waals surface area (Å²) in [5.74, 6) is -2.13. The number of phenolic OH excluding ortho intramolecular Hbond substituents is 1. The van der Waals surface area contributed by atoms with Gasteiger partial charge in [-0.25, -0.2) is 9.18 Å². The zero-order valence-electron chi connectivity index (χ0n) is 12.5. The Morgan fingerprint density at radius 1 is 1.29 bits per heavy atom. The highest BCUT2D eigenvalue weighted by Gasteiger charge is 2.16. The molecule has 2 rings (SSSR count). The zero-order valence-corrected chi connectivity index (χ0v) is 13.3. The fraction of sp³-hybridized carbons (Fsp3) is 0.125. The first-order chi connectivity index (χ1) is 11.4. The molecule has 0 aliphatic heterocycles. The molecule has 0 radical (unpaired) electrons. The Hall–Kier alpha value is -2.80. The minimum absolute atomic E-state index is 0.0311. The summed E-state index contributed by atoms with van der Waals surface area (Å²) < 4.78 is 22.7. The number of hydrogen-bond acceptors (Lipinski definition) is 5. The van der Waals surface area contributed by atoms with Gasteiger partial charge in [-0.3, -0.25) is 4.79 Å². The Kier molecular flexibility index (Phi) is 5.59. The lowest BCUT2D eigenvalue weighted by molar-refractivity contribution is -0.118. The molecule has 1 amide bonds. The zero-order chi connectivity index (χ0) is 17.7. The molecule has 2 aromatic rings. The van der Waals surface area contributed by atoms with Crippen molar-refractivity contribution < 1.29 is 28.6 Å². The van der Waals surface area contributed by atoms with Gasteiger partial charge in [0.15, 0.2) is 12.4 Å². The molecule has 0 heterocycles. The maximum atomic E-state index is 13.0. The molecule has 0 saturated heterocycles. The second-order valence-electron chi connectivity index (χ2n) is 4.61. The van der Waals surface area contributed by atoms with Crippen LogP contribution in [-0.4, -0.2) is 30.7 Å². The van der Waals surface area contributed by atoms with E-state index in [-0.39, 0.29) is 22.0 Å². The van der Waals surface area contributed by atoms with E-state index >= 15 is 0 Å². The fourth-order valence-corrected chi connectivity index (χ4v) is 1.99. The summed E-state index contributed by atoms with van der Waals surface area (Å²) in [6.07, 6.45) is 0. The molecule has 0 aliphatic rings. The quantitative estimate of drug-likeness (QED) is 0.637. The van der Waals surface area contributed by atoms with Crippen molar-refractivity contribution in [3.63, 3.8) is 0 Å². The molecule has 0 bridgehead atoms. The molecule has 0 atom stereocenters. The number of para-hydroxylation sites is 1. The van der Waals surface area contributed by atoms with Crippen molar-refractivity contribution in [1.82, 2.24) is 0 Å². The van der Waals surface area contributed by atoms with Gasteiger partial charge in [0.05, 0.1) is 17.8 Å². The van der Waals surface area contributed by atoms with Crippen LogP contribution in [0, 0.1) is 5.82 Å². The highest BCUT2D eigenvalue weighted by Crippen LogP contribution is 2.28. The number of benzene rings is 2. The number of anilines is 1. The molecule has 126 valence electrons. The number of esters is 1. The first-order valence-corrected chi connectivity index (χ1v) is 7.08. The number of aromatic hydroxyl groups is 1. The number of hydrogen-bond donors (Lipinski definition) is 2. The Labute approximate surface area is 141 Å². The van der Waals surface area contributed by atoms with Gasteiger partial charge in [0.25, 0.3) is 5.91 Å². The molecule has 0 saturated carbocycles. The third-order valence-electron chi connectivity index (χ3n) is 2.98. The van der Waals surface area contributed by atoms with Crippen molar-refractivity contribution in [2.75, 3.05) is 19.0 Å². The van der Waals surface area contributed by atoms with E-state index < -0.39 is 30.1 Å². The standard InChI is InChI=1S/C16H13ClFNO5/c1-23-16(22)10-3-2-4-13(15(10)21)19-14(20)8-24-9-5-6-12(18)11(17)7-9/h2-7,21H,8H2,1H3,(H,19,20). The summed E-state index contributed by atoms with van der Waals surface area (Å²) in [6, 6.07) is 7.91. The van der Waals surface area contributed by atoms with Crippen LogP contribution >= 0.6 is 11.6 Å². The van der Waals surface area contributed by atoms with Crippen LogP contribution in [0.15, 0.2) is 36.4 Å². The number of ether oxygens (including phenoxy) is 2. The van der Waals surface area contributed by atoms with Gasteiger partial charge >= 0.3 is 5.97 Å². The number of amides is 1. The lowest BCUT2D eigenvalue weighted by atomic mass is 10.1. The van der Waals surface area contributed by atoms with E-state index in [0.717, 1.165) is 6.07 Å². The summed E-state index contributed by atoms with van der Waals surface area (Å²) in [6.45, 7) is -0.399. The van der Waals surface area contributed by atoms with Gasteiger partial charge in [-0.2, -0.15) is 0 Å². The van der Waals surface area contributed by atoms with Crippen LogP contribution in [-0.2, 0) is 9.53 Å². The fourth-order valence-electron chi connectivity index (χ4n) is 1.82. The lowest BCUT2D eigenvalue weighted by Crippen LogP contribution is -2.20. The first kappa shape index (κ1) is 17.6. The van der Waals surface area contributed by atoms with Crippen LogP contribution in [0.25, 0.3) is 0 Å². The molecule has 2 aromatic carbocycles. The minimum atomic E-state index is -0.735. The van der Waals surface area contributed by atoms with Gasteiger partial charge in [-0.05, 0) is 24.3 Å². The van der Waals surface area contributed by atoms with Gasteiger partial charge in [0, 0.05) is 6.07 Å². The average Bonchev–Trinajstić information content (AvgIpc) is 2.57.